The minimum atomic E-state index is -0.302. The van der Waals surface area contributed by atoms with E-state index in [2.05, 4.69) is 30.8 Å². The molecule has 0 aliphatic heterocycles. The van der Waals surface area contributed by atoms with Gasteiger partial charge in [0.2, 0.25) is 0 Å². The van der Waals surface area contributed by atoms with Crippen LogP contribution in [-0.4, -0.2) is 18.7 Å². The Morgan fingerprint density at radius 3 is 2.20 bits per heavy atom. The molecule has 1 aromatic carbocycles. The Bertz CT molecular complexity index is 622. The van der Waals surface area contributed by atoms with Gasteiger partial charge in [-0.2, -0.15) is 0 Å². The number of benzene rings is 1. The van der Waals surface area contributed by atoms with Crippen molar-refractivity contribution in [2.24, 2.45) is 11.8 Å². The molecule has 0 spiro atoms. The molecule has 3 rings (SSSR count). The van der Waals surface area contributed by atoms with Gasteiger partial charge in [0, 0.05) is 6.08 Å². The van der Waals surface area contributed by atoms with Gasteiger partial charge in [-0.1, -0.05) is 75.8 Å². The average Bonchev–Trinajstić information content (AvgIpc) is 2.81. The predicted molar refractivity (Wildman–Crippen MR) is 122 cm³/mol. The summed E-state index contributed by atoms with van der Waals surface area (Å²) in [6.07, 6.45) is 18.3. The van der Waals surface area contributed by atoms with E-state index in [1.54, 1.807) is 0 Å². The topological polar surface area (TPSA) is 35.5 Å². The molecule has 0 radical (unpaired) electrons. The first-order valence-corrected chi connectivity index (χ1v) is 12.2. The van der Waals surface area contributed by atoms with E-state index in [0.717, 1.165) is 24.9 Å². The van der Waals surface area contributed by atoms with Gasteiger partial charge in [0.15, 0.2) is 0 Å². The second kappa shape index (κ2) is 12.9. The summed E-state index contributed by atoms with van der Waals surface area (Å²) >= 11 is 0. The van der Waals surface area contributed by atoms with Crippen LogP contribution in [0.3, 0.4) is 0 Å². The number of carbonyl (C=O) groups excluding carboxylic acids is 1. The lowest BCUT2D eigenvalue weighted by atomic mass is 9.78. The van der Waals surface area contributed by atoms with Crippen LogP contribution >= 0.6 is 0 Å². The smallest absolute Gasteiger partial charge is 0.330 e. The van der Waals surface area contributed by atoms with Crippen LogP contribution in [0, 0.1) is 11.8 Å². The van der Waals surface area contributed by atoms with Gasteiger partial charge >= 0.3 is 5.97 Å². The lowest BCUT2D eigenvalue weighted by molar-refractivity contribution is -0.137. The fourth-order valence-corrected chi connectivity index (χ4v) is 5.03. The first-order chi connectivity index (χ1) is 14.7. The number of hydrogen-bond donors (Lipinski definition) is 0. The zero-order valence-corrected chi connectivity index (χ0v) is 18.7. The molecule has 3 nitrogen and oxygen atoms in total. The highest BCUT2D eigenvalue weighted by atomic mass is 16.5. The van der Waals surface area contributed by atoms with Gasteiger partial charge in [0.05, 0.1) is 19.3 Å². The first-order valence-electron chi connectivity index (χ1n) is 12.2. The Hall–Kier alpha value is -1.61. The lowest BCUT2D eigenvalue weighted by Gasteiger charge is -2.28. The Balaban J connectivity index is 1.27. The lowest BCUT2D eigenvalue weighted by Crippen LogP contribution is -2.16. The molecule has 2 fully saturated rings. The molecule has 0 heterocycles. The Kier molecular flexibility index (Phi) is 9.95. The third-order valence-corrected chi connectivity index (χ3v) is 7.04. The molecule has 2 saturated carbocycles. The standard InChI is InChI=1S/C27H40O3/c1-2-27(28)29-20-6-7-22-10-12-23(13-11-22)14-15-24-16-18-25(19-17-24)21-30-26-8-4-3-5-9-26/h2,16-19,22-23,26H,1,3-15,20-21H2. The molecule has 1 aromatic rings. The van der Waals surface area contributed by atoms with Crippen molar-refractivity contribution < 1.29 is 14.3 Å². The van der Waals surface area contributed by atoms with Crippen LogP contribution in [0.4, 0.5) is 0 Å². The van der Waals surface area contributed by atoms with Crippen molar-refractivity contribution in [2.75, 3.05) is 6.61 Å². The number of carbonyl (C=O) groups is 1. The molecular formula is C27H40O3. The van der Waals surface area contributed by atoms with Gasteiger partial charge in [-0.25, -0.2) is 4.79 Å². The Morgan fingerprint density at radius 1 is 0.900 bits per heavy atom. The summed E-state index contributed by atoms with van der Waals surface area (Å²) in [5.41, 5.74) is 2.77. The fraction of sp³-hybridized carbons (Fsp3) is 0.667. The molecular weight excluding hydrogens is 372 g/mol. The van der Waals surface area contributed by atoms with Crippen molar-refractivity contribution in [3.63, 3.8) is 0 Å². The maximum Gasteiger partial charge on any atom is 0.330 e. The minimum Gasteiger partial charge on any atom is -0.463 e. The summed E-state index contributed by atoms with van der Waals surface area (Å²) in [7, 11) is 0. The Labute approximate surface area is 183 Å². The van der Waals surface area contributed by atoms with E-state index in [1.165, 1.54) is 94.3 Å². The van der Waals surface area contributed by atoms with Gasteiger partial charge in [-0.05, 0) is 61.5 Å². The quantitative estimate of drug-likeness (QED) is 0.228. The second-order valence-corrected chi connectivity index (χ2v) is 9.33. The molecule has 0 saturated heterocycles. The molecule has 0 unspecified atom stereocenters. The summed E-state index contributed by atoms with van der Waals surface area (Å²) < 4.78 is 11.2. The third kappa shape index (κ3) is 8.26. The second-order valence-electron chi connectivity index (χ2n) is 9.33. The van der Waals surface area contributed by atoms with E-state index in [1.807, 2.05) is 0 Å². The van der Waals surface area contributed by atoms with Crippen LogP contribution in [0.25, 0.3) is 0 Å². The molecule has 166 valence electrons. The molecule has 30 heavy (non-hydrogen) atoms. The van der Waals surface area contributed by atoms with E-state index in [9.17, 15) is 4.79 Å². The van der Waals surface area contributed by atoms with E-state index in [-0.39, 0.29) is 5.97 Å². The van der Waals surface area contributed by atoms with Gasteiger partial charge in [0.25, 0.3) is 0 Å². The van der Waals surface area contributed by atoms with E-state index >= 15 is 0 Å². The van der Waals surface area contributed by atoms with Crippen molar-refractivity contribution in [3.05, 3.63) is 48.0 Å². The summed E-state index contributed by atoms with van der Waals surface area (Å²) in [6, 6.07) is 9.12. The van der Waals surface area contributed by atoms with E-state index < -0.39 is 0 Å². The Morgan fingerprint density at radius 2 is 1.53 bits per heavy atom. The number of aryl methyl sites for hydroxylation is 1. The normalized spacial score (nSPS) is 22.5. The van der Waals surface area contributed by atoms with Crippen LogP contribution in [0.5, 0.6) is 0 Å². The van der Waals surface area contributed by atoms with Crippen molar-refractivity contribution in [2.45, 2.75) is 96.2 Å². The van der Waals surface area contributed by atoms with Crippen LogP contribution in [0.2, 0.25) is 0 Å². The fourth-order valence-electron chi connectivity index (χ4n) is 5.03. The van der Waals surface area contributed by atoms with Crippen molar-refractivity contribution in [1.29, 1.82) is 0 Å². The summed E-state index contributed by atoms with van der Waals surface area (Å²) in [5.74, 6) is 1.38. The zero-order valence-electron chi connectivity index (χ0n) is 18.7. The molecule has 0 atom stereocenters. The van der Waals surface area contributed by atoms with Gasteiger partial charge in [-0.3, -0.25) is 0 Å². The summed E-state index contributed by atoms with van der Waals surface area (Å²) in [5, 5.41) is 0. The SMILES string of the molecule is C=CC(=O)OCCCC1CCC(CCc2ccc(COC3CCCCC3)cc2)CC1. The van der Waals surface area contributed by atoms with Crippen LogP contribution < -0.4 is 0 Å². The first kappa shape index (κ1) is 23.1. The van der Waals surface area contributed by atoms with Gasteiger partial charge < -0.3 is 9.47 Å². The van der Waals surface area contributed by atoms with Crippen LogP contribution in [0.1, 0.15) is 88.2 Å². The third-order valence-electron chi connectivity index (χ3n) is 7.04. The van der Waals surface area contributed by atoms with E-state index in [4.69, 9.17) is 9.47 Å². The van der Waals surface area contributed by atoms with Crippen LogP contribution in [0.15, 0.2) is 36.9 Å². The molecule has 2 aliphatic carbocycles. The number of ether oxygens (including phenoxy) is 2. The van der Waals surface area contributed by atoms with Crippen molar-refractivity contribution in [1.82, 2.24) is 0 Å². The minimum absolute atomic E-state index is 0.302. The van der Waals surface area contributed by atoms with Gasteiger partial charge in [0.1, 0.15) is 0 Å². The average molecular weight is 413 g/mol. The van der Waals surface area contributed by atoms with E-state index in [0.29, 0.717) is 12.7 Å². The highest BCUT2D eigenvalue weighted by molar-refractivity contribution is 5.81. The highest BCUT2D eigenvalue weighted by Gasteiger charge is 2.21. The molecule has 2 aliphatic rings. The van der Waals surface area contributed by atoms with Crippen molar-refractivity contribution >= 4 is 5.97 Å². The zero-order chi connectivity index (χ0) is 21.0. The maximum absolute atomic E-state index is 11.1. The highest BCUT2D eigenvalue weighted by Crippen LogP contribution is 2.34. The summed E-state index contributed by atoms with van der Waals surface area (Å²) in [6.45, 7) is 4.73. The number of hydrogen-bond acceptors (Lipinski definition) is 3. The van der Waals surface area contributed by atoms with Crippen molar-refractivity contribution in [3.8, 4) is 0 Å². The molecule has 3 heteroatoms. The maximum atomic E-state index is 11.1. The van der Waals surface area contributed by atoms with Gasteiger partial charge in [-0.15, -0.1) is 0 Å². The molecule has 0 bridgehead atoms. The van der Waals surface area contributed by atoms with Crippen LogP contribution in [-0.2, 0) is 27.3 Å². The molecule has 0 aromatic heterocycles. The molecule has 0 N–H and O–H groups in total. The number of esters is 1. The number of rotatable bonds is 11. The predicted octanol–water partition coefficient (Wildman–Crippen LogP) is 6.78. The largest absolute Gasteiger partial charge is 0.463 e. The molecule has 0 amide bonds. The monoisotopic (exact) mass is 412 g/mol. The summed E-state index contributed by atoms with van der Waals surface area (Å²) in [4.78, 5) is 11.1.